The summed E-state index contributed by atoms with van der Waals surface area (Å²) in [6, 6.07) is 1.48. The number of rotatable bonds is 6. The summed E-state index contributed by atoms with van der Waals surface area (Å²) in [6.07, 6.45) is 6.84. The number of hydrogen-bond donors (Lipinski definition) is 0. The zero-order chi connectivity index (χ0) is 22.6. The lowest BCUT2D eigenvalue weighted by Crippen LogP contribution is -2.28. The highest BCUT2D eigenvalue weighted by atomic mass is 32.1. The minimum atomic E-state index is -0.471. The molecule has 1 unspecified atom stereocenters. The smallest absolute Gasteiger partial charge is 0.358 e. The van der Waals surface area contributed by atoms with Gasteiger partial charge in [0.15, 0.2) is 11.5 Å². The minimum absolute atomic E-state index is 0.133. The van der Waals surface area contributed by atoms with E-state index in [0.717, 1.165) is 34.4 Å². The zero-order valence-corrected chi connectivity index (χ0v) is 19.6. The third-order valence-corrected chi connectivity index (χ3v) is 8.31. The van der Waals surface area contributed by atoms with E-state index in [-0.39, 0.29) is 5.82 Å². The Balaban J connectivity index is 1.45. The Labute approximate surface area is 189 Å². The molecule has 1 aliphatic carbocycles. The lowest BCUT2D eigenvalue weighted by Gasteiger charge is -2.36. The Bertz CT molecular complexity index is 1330. The van der Waals surface area contributed by atoms with Crippen molar-refractivity contribution in [1.82, 2.24) is 29.4 Å². The molecule has 0 saturated heterocycles. The van der Waals surface area contributed by atoms with Gasteiger partial charge in [-0.3, -0.25) is 0 Å². The second kappa shape index (κ2) is 7.61. The van der Waals surface area contributed by atoms with Crippen molar-refractivity contribution >= 4 is 33.0 Å². The van der Waals surface area contributed by atoms with E-state index in [1.165, 1.54) is 29.3 Å². The average molecular weight is 454 g/mol. The van der Waals surface area contributed by atoms with Gasteiger partial charge in [0, 0.05) is 11.3 Å². The quantitative estimate of drug-likeness (QED) is 0.314. The summed E-state index contributed by atoms with van der Waals surface area (Å²) in [5.74, 6) is 1.25. The van der Waals surface area contributed by atoms with Crippen molar-refractivity contribution in [3.8, 4) is 0 Å². The first-order valence-corrected chi connectivity index (χ1v) is 11.9. The fourth-order valence-electron chi connectivity index (χ4n) is 4.69. The lowest BCUT2D eigenvalue weighted by molar-refractivity contribution is -0.389. The molecule has 168 valence electrons. The first kappa shape index (κ1) is 21.0. The van der Waals surface area contributed by atoms with Gasteiger partial charge in [-0.25, -0.2) is 14.5 Å². The molecule has 9 nitrogen and oxygen atoms in total. The van der Waals surface area contributed by atoms with Crippen LogP contribution < -0.4 is 0 Å². The zero-order valence-electron chi connectivity index (χ0n) is 18.8. The van der Waals surface area contributed by atoms with Crippen molar-refractivity contribution in [2.45, 2.75) is 66.3 Å². The number of hydrogen-bond acceptors (Lipinski definition) is 7. The molecule has 0 amide bonds. The van der Waals surface area contributed by atoms with Crippen LogP contribution in [0.1, 0.15) is 55.6 Å². The van der Waals surface area contributed by atoms with Gasteiger partial charge in [0.05, 0.1) is 28.8 Å². The molecule has 0 fully saturated rings. The second-order valence-corrected chi connectivity index (χ2v) is 10.5. The van der Waals surface area contributed by atoms with Gasteiger partial charge in [-0.15, -0.1) is 16.4 Å². The molecule has 1 atom stereocenters. The molecule has 5 rings (SSSR count). The average Bonchev–Trinajstić information content (AvgIpc) is 3.45. The number of thiophene rings is 1. The van der Waals surface area contributed by atoms with Gasteiger partial charge < -0.3 is 10.1 Å². The van der Waals surface area contributed by atoms with Gasteiger partial charge in [0.25, 0.3) is 0 Å². The van der Waals surface area contributed by atoms with Crippen molar-refractivity contribution in [2.75, 3.05) is 0 Å². The van der Waals surface area contributed by atoms with E-state index in [9.17, 15) is 10.1 Å². The molecule has 0 spiro atoms. The van der Waals surface area contributed by atoms with Crippen LogP contribution in [0.2, 0.25) is 0 Å². The van der Waals surface area contributed by atoms with Crippen LogP contribution in [0.5, 0.6) is 0 Å². The standard InChI is InChI=1S/C22H27N7O2S/c1-5-22(3,4)14-6-7-15-16(11-14)32-21-19(15)20-24-17(25-28(20)12-23-21)8-9-27-13(2)10-18(26-27)29(30)31/h10,12,14H,5-9,11H2,1-4H3. The number of fused-ring (bicyclic) bond motifs is 5. The maximum Gasteiger partial charge on any atom is 0.390 e. The van der Waals surface area contributed by atoms with Crippen LogP contribution in [0.4, 0.5) is 5.82 Å². The molecule has 4 aromatic heterocycles. The van der Waals surface area contributed by atoms with Crippen molar-refractivity contribution in [3.05, 3.63) is 44.5 Å². The molecular weight excluding hydrogens is 426 g/mol. The van der Waals surface area contributed by atoms with Crippen LogP contribution in [0.15, 0.2) is 12.4 Å². The maximum absolute atomic E-state index is 11.0. The highest BCUT2D eigenvalue weighted by molar-refractivity contribution is 7.19. The van der Waals surface area contributed by atoms with E-state index in [1.807, 2.05) is 6.92 Å². The van der Waals surface area contributed by atoms with Crippen molar-refractivity contribution in [2.24, 2.45) is 11.3 Å². The predicted octanol–water partition coefficient (Wildman–Crippen LogP) is 4.54. The number of nitrogens with zero attached hydrogens (tertiary/aromatic N) is 7. The SMILES string of the molecule is CCC(C)(C)C1CCc2c(sc3ncn4nc(CCn5nc([N+](=O)[O-])cc5C)nc4c23)C1. The fourth-order valence-corrected chi connectivity index (χ4v) is 5.96. The van der Waals surface area contributed by atoms with Gasteiger partial charge in [-0.1, -0.05) is 27.2 Å². The highest BCUT2D eigenvalue weighted by Crippen LogP contribution is 2.44. The summed E-state index contributed by atoms with van der Waals surface area (Å²) in [5.41, 5.74) is 3.35. The summed E-state index contributed by atoms with van der Waals surface area (Å²) < 4.78 is 3.41. The van der Waals surface area contributed by atoms with Crippen LogP contribution in [0.25, 0.3) is 15.9 Å². The Morgan fingerprint density at radius 1 is 1.34 bits per heavy atom. The minimum Gasteiger partial charge on any atom is -0.358 e. The van der Waals surface area contributed by atoms with E-state index >= 15 is 0 Å². The maximum atomic E-state index is 11.0. The number of aromatic nitrogens is 6. The van der Waals surface area contributed by atoms with E-state index in [4.69, 9.17) is 4.98 Å². The second-order valence-electron chi connectivity index (χ2n) is 9.38. The molecule has 0 aliphatic heterocycles. The summed E-state index contributed by atoms with van der Waals surface area (Å²) in [6.45, 7) is 9.35. The number of aryl methyl sites for hydroxylation is 4. The van der Waals surface area contributed by atoms with Gasteiger partial charge in [-0.2, -0.15) is 4.68 Å². The Kier molecular flexibility index (Phi) is 4.99. The topological polar surface area (TPSA) is 104 Å². The van der Waals surface area contributed by atoms with Crippen LogP contribution in [-0.2, 0) is 25.8 Å². The molecule has 4 heterocycles. The normalized spacial score (nSPS) is 16.7. The van der Waals surface area contributed by atoms with Crippen molar-refractivity contribution in [3.63, 3.8) is 0 Å². The first-order valence-electron chi connectivity index (χ1n) is 11.1. The van der Waals surface area contributed by atoms with Crippen LogP contribution >= 0.6 is 11.3 Å². The molecule has 0 radical (unpaired) electrons. The van der Waals surface area contributed by atoms with Crippen LogP contribution in [0.3, 0.4) is 0 Å². The van der Waals surface area contributed by atoms with Gasteiger partial charge in [0.2, 0.25) is 0 Å². The van der Waals surface area contributed by atoms with Crippen LogP contribution in [-0.4, -0.2) is 34.3 Å². The molecule has 0 saturated carbocycles. The van der Waals surface area contributed by atoms with Gasteiger partial charge >= 0.3 is 5.82 Å². The van der Waals surface area contributed by atoms with Crippen molar-refractivity contribution < 1.29 is 4.92 Å². The van der Waals surface area contributed by atoms with Crippen LogP contribution in [0, 0.1) is 28.4 Å². The Hall–Kier alpha value is -2.88. The van der Waals surface area contributed by atoms with Crippen molar-refractivity contribution in [1.29, 1.82) is 0 Å². The molecule has 0 aromatic carbocycles. The van der Waals surface area contributed by atoms with Gasteiger partial charge in [0.1, 0.15) is 11.2 Å². The molecule has 0 bridgehead atoms. The Morgan fingerprint density at radius 3 is 2.88 bits per heavy atom. The van der Waals surface area contributed by atoms with Gasteiger partial charge in [-0.05, 0) is 48.0 Å². The predicted molar refractivity (Wildman–Crippen MR) is 123 cm³/mol. The molecular formula is C22H27N7O2S. The third-order valence-electron chi connectivity index (χ3n) is 7.15. The highest BCUT2D eigenvalue weighted by Gasteiger charge is 2.33. The molecule has 0 N–H and O–H groups in total. The van der Waals surface area contributed by atoms with E-state index < -0.39 is 4.92 Å². The molecule has 1 aliphatic rings. The lowest BCUT2D eigenvalue weighted by atomic mass is 9.70. The molecule has 10 heteroatoms. The summed E-state index contributed by atoms with van der Waals surface area (Å²) in [4.78, 5) is 22.5. The summed E-state index contributed by atoms with van der Waals surface area (Å²) in [7, 11) is 0. The molecule has 4 aromatic rings. The largest absolute Gasteiger partial charge is 0.390 e. The summed E-state index contributed by atoms with van der Waals surface area (Å²) >= 11 is 1.80. The monoisotopic (exact) mass is 453 g/mol. The third kappa shape index (κ3) is 3.46. The van der Waals surface area contributed by atoms with E-state index in [0.29, 0.717) is 30.1 Å². The number of nitro groups is 1. The Morgan fingerprint density at radius 2 is 2.16 bits per heavy atom. The first-order chi connectivity index (χ1) is 15.3. The van der Waals surface area contributed by atoms with E-state index in [1.54, 1.807) is 26.9 Å². The molecule has 32 heavy (non-hydrogen) atoms. The summed E-state index contributed by atoms with van der Waals surface area (Å²) in [5, 5.41) is 20.8. The fraction of sp³-hybridized carbons (Fsp3) is 0.545. The van der Waals surface area contributed by atoms with E-state index in [2.05, 4.69) is 36.0 Å².